The molecule has 0 unspecified atom stereocenters. The van der Waals surface area contributed by atoms with Gasteiger partial charge in [0.2, 0.25) is 0 Å². The third-order valence-corrected chi connectivity index (χ3v) is 4.88. The summed E-state index contributed by atoms with van der Waals surface area (Å²) < 4.78 is 5.06. The van der Waals surface area contributed by atoms with Crippen LogP contribution in [0.25, 0.3) is 0 Å². The maximum atomic E-state index is 5.06. The van der Waals surface area contributed by atoms with Crippen LogP contribution in [0.5, 0.6) is 5.75 Å². The molecule has 0 saturated heterocycles. The van der Waals surface area contributed by atoms with Crippen molar-refractivity contribution in [2.75, 3.05) is 7.11 Å². The Morgan fingerprint density at radius 3 is 2.50 bits per heavy atom. The molecule has 0 aliphatic rings. The minimum absolute atomic E-state index is 0.922. The molecule has 0 heterocycles. The molecule has 12 heavy (non-hydrogen) atoms. The van der Waals surface area contributed by atoms with Gasteiger partial charge in [-0.15, -0.1) is 0 Å². The number of hydrogen-bond acceptors (Lipinski definition) is 3. The Balaban J connectivity index is 2.53. The fourth-order valence-corrected chi connectivity index (χ4v) is 2.87. The van der Waals surface area contributed by atoms with Gasteiger partial charge in [0.25, 0.3) is 0 Å². The fraction of sp³-hybridized carbons (Fsp3) is 0.250. The molecular formula is C8H9IOS2. The van der Waals surface area contributed by atoms with Crippen molar-refractivity contribution in [3.05, 3.63) is 29.8 Å². The van der Waals surface area contributed by atoms with Crippen LogP contribution in [0.3, 0.4) is 0 Å². The molecular weight excluding hydrogens is 303 g/mol. The van der Waals surface area contributed by atoms with Gasteiger partial charge >= 0.3 is 0 Å². The van der Waals surface area contributed by atoms with Crippen molar-refractivity contribution in [1.29, 1.82) is 0 Å². The molecule has 0 spiro atoms. The van der Waals surface area contributed by atoms with Crippen molar-refractivity contribution in [2.24, 2.45) is 0 Å². The zero-order valence-corrected chi connectivity index (χ0v) is 10.4. The van der Waals surface area contributed by atoms with Gasteiger partial charge in [-0.05, 0) is 25.7 Å². The molecule has 1 aromatic carbocycles. The standard InChI is InChI=1S/C8H9IOS2/c1-10-8-4-2-7(3-5-8)6-11-12-9/h2-5H,6H2,1H3. The van der Waals surface area contributed by atoms with Gasteiger partial charge < -0.3 is 4.74 Å². The van der Waals surface area contributed by atoms with E-state index in [1.165, 1.54) is 5.56 Å². The van der Waals surface area contributed by atoms with Gasteiger partial charge in [-0.1, -0.05) is 22.9 Å². The second-order valence-corrected chi connectivity index (χ2v) is 7.14. The molecule has 0 bridgehead atoms. The molecule has 0 amide bonds. The van der Waals surface area contributed by atoms with Crippen molar-refractivity contribution in [3.8, 4) is 5.75 Å². The molecule has 0 aromatic heterocycles. The summed E-state index contributed by atoms with van der Waals surface area (Å²) in [6.07, 6.45) is 0. The van der Waals surface area contributed by atoms with E-state index < -0.39 is 0 Å². The van der Waals surface area contributed by atoms with Gasteiger partial charge in [0.05, 0.1) is 7.11 Å². The third kappa shape index (κ3) is 3.45. The SMILES string of the molecule is COc1ccc(CSSI)cc1. The second kappa shape index (κ2) is 5.99. The Kier molecular flexibility index (Phi) is 5.25. The van der Waals surface area contributed by atoms with E-state index in [0.29, 0.717) is 0 Å². The van der Waals surface area contributed by atoms with Crippen LogP contribution in [0.4, 0.5) is 0 Å². The van der Waals surface area contributed by atoms with E-state index in [1.807, 2.05) is 22.9 Å². The monoisotopic (exact) mass is 312 g/mol. The first-order chi connectivity index (χ1) is 5.86. The summed E-state index contributed by atoms with van der Waals surface area (Å²) in [6, 6.07) is 8.18. The summed E-state index contributed by atoms with van der Waals surface area (Å²) in [7, 11) is 5.28. The summed E-state index contributed by atoms with van der Waals surface area (Å²) in [4.78, 5) is 0. The Morgan fingerprint density at radius 1 is 1.33 bits per heavy atom. The first kappa shape index (κ1) is 10.5. The van der Waals surface area contributed by atoms with E-state index in [0.717, 1.165) is 11.5 Å². The van der Waals surface area contributed by atoms with Crippen LogP contribution in [0.1, 0.15) is 5.56 Å². The lowest BCUT2D eigenvalue weighted by Crippen LogP contribution is -1.83. The lowest BCUT2D eigenvalue weighted by Gasteiger charge is -2.00. The maximum Gasteiger partial charge on any atom is 0.118 e. The first-order valence-corrected chi connectivity index (χ1v) is 8.26. The van der Waals surface area contributed by atoms with Gasteiger partial charge in [-0.3, -0.25) is 0 Å². The normalized spacial score (nSPS) is 9.83. The minimum Gasteiger partial charge on any atom is -0.497 e. The highest BCUT2D eigenvalue weighted by Gasteiger charge is 1.93. The van der Waals surface area contributed by atoms with Crippen LogP contribution in [-0.2, 0) is 5.75 Å². The van der Waals surface area contributed by atoms with Gasteiger partial charge in [0.1, 0.15) is 5.75 Å². The topological polar surface area (TPSA) is 9.23 Å². The highest BCUT2D eigenvalue weighted by Crippen LogP contribution is 2.32. The lowest BCUT2D eigenvalue weighted by atomic mass is 10.2. The van der Waals surface area contributed by atoms with Crippen LogP contribution >= 0.6 is 40.0 Å². The van der Waals surface area contributed by atoms with Gasteiger partial charge in [-0.25, -0.2) is 0 Å². The molecule has 1 rings (SSSR count). The fourth-order valence-electron chi connectivity index (χ4n) is 0.812. The zero-order valence-electron chi connectivity index (χ0n) is 6.62. The number of halogens is 1. The van der Waals surface area contributed by atoms with Crippen molar-refractivity contribution in [1.82, 2.24) is 0 Å². The molecule has 0 atom stereocenters. The molecule has 0 aliphatic carbocycles. The summed E-state index contributed by atoms with van der Waals surface area (Å²) >= 11 is 2.28. The van der Waals surface area contributed by atoms with E-state index in [9.17, 15) is 0 Å². The Morgan fingerprint density at radius 2 is 2.00 bits per heavy atom. The minimum atomic E-state index is 0.922. The van der Waals surface area contributed by atoms with Crippen LogP contribution in [0, 0.1) is 0 Å². The van der Waals surface area contributed by atoms with E-state index >= 15 is 0 Å². The molecule has 0 radical (unpaired) electrons. The average Bonchev–Trinajstić information content (AvgIpc) is 2.15. The van der Waals surface area contributed by atoms with E-state index in [-0.39, 0.29) is 0 Å². The highest BCUT2D eigenvalue weighted by atomic mass is 127. The predicted octanol–water partition coefficient (Wildman–Crippen LogP) is 3.93. The Bertz CT molecular complexity index is 225. The maximum absolute atomic E-state index is 5.06. The molecule has 0 N–H and O–H groups in total. The lowest BCUT2D eigenvalue weighted by molar-refractivity contribution is 0.414. The van der Waals surface area contributed by atoms with Crippen molar-refractivity contribution < 1.29 is 4.74 Å². The predicted molar refractivity (Wildman–Crippen MR) is 65.9 cm³/mol. The van der Waals surface area contributed by atoms with Gasteiger partial charge in [0, 0.05) is 27.0 Å². The highest BCUT2D eigenvalue weighted by molar-refractivity contribution is 14.2. The van der Waals surface area contributed by atoms with Crippen LogP contribution in [-0.4, -0.2) is 7.11 Å². The largest absolute Gasteiger partial charge is 0.497 e. The van der Waals surface area contributed by atoms with Crippen LogP contribution < -0.4 is 4.74 Å². The van der Waals surface area contributed by atoms with Crippen LogP contribution in [0.2, 0.25) is 0 Å². The summed E-state index contributed by atoms with van der Waals surface area (Å²) in [5.74, 6) is 1.98. The summed E-state index contributed by atoms with van der Waals surface area (Å²) in [5.41, 5.74) is 1.34. The molecule has 0 aliphatic heterocycles. The van der Waals surface area contributed by atoms with Gasteiger partial charge in [-0.2, -0.15) is 0 Å². The Labute approximate surface area is 92.6 Å². The number of benzene rings is 1. The van der Waals surface area contributed by atoms with Crippen molar-refractivity contribution in [2.45, 2.75) is 5.75 Å². The quantitative estimate of drug-likeness (QED) is 0.616. The molecule has 0 fully saturated rings. The molecule has 1 nitrogen and oxygen atoms in total. The van der Waals surface area contributed by atoms with E-state index in [4.69, 9.17) is 4.74 Å². The second-order valence-electron chi connectivity index (χ2n) is 2.17. The summed E-state index contributed by atoms with van der Waals surface area (Å²) in [5, 5.41) is 0. The molecule has 1 aromatic rings. The number of ether oxygens (including phenoxy) is 1. The third-order valence-electron chi connectivity index (χ3n) is 1.43. The molecule has 0 saturated carbocycles. The Hall–Kier alpha value is 0.450. The average molecular weight is 312 g/mol. The smallest absolute Gasteiger partial charge is 0.118 e. The van der Waals surface area contributed by atoms with Crippen molar-refractivity contribution in [3.63, 3.8) is 0 Å². The molecule has 4 heteroatoms. The summed E-state index contributed by atoms with van der Waals surface area (Å²) in [6.45, 7) is 0. The zero-order chi connectivity index (χ0) is 8.81. The number of hydrogen-bond donors (Lipinski definition) is 0. The number of rotatable bonds is 4. The van der Waals surface area contributed by atoms with Gasteiger partial charge in [0.15, 0.2) is 0 Å². The molecule has 66 valence electrons. The number of methoxy groups -OCH3 is 1. The van der Waals surface area contributed by atoms with Crippen LogP contribution in [0.15, 0.2) is 24.3 Å². The van der Waals surface area contributed by atoms with E-state index in [2.05, 4.69) is 33.3 Å². The van der Waals surface area contributed by atoms with Crippen molar-refractivity contribution >= 4 is 40.0 Å². The first-order valence-electron chi connectivity index (χ1n) is 3.40. The van der Waals surface area contributed by atoms with E-state index in [1.54, 1.807) is 15.1 Å².